The van der Waals surface area contributed by atoms with Crippen LogP contribution >= 0.6 is 0 Å². The summed E-state index contributed by atoms with van der Waals surface area (Å²) in [5.74, 6) is -0.949. The molecule has 0 heterocycles. The summed E-state index contributed by atoms with van der Waals surface area (Å²) in [4.78, 5) is 24.5. The maximum atomic E-state index is 12.1. The number of carbonyl (C=O) groups is 2. The summed E-state index contributed by atoms with van der Waals surface area (Å²) in [5, 5.41) is 8.80. The Morgan fingerprint density at radius 2 is 1.74 bits per heavy atom. The average Bonchev–Trinajstić information content (AvgIpc) is 2.31. The van der Waals surface area contributed by atoms with Gasteiger partial charge in [-0.25, -0.2) is 0 Å². The Bertz CT molecular complexity index is 285. The first-order valence-corrected chi connectivity index (χ1v) is 7.15. The van der Waals surface area contributed by atoms with E-state index in [4.69, 9.17) is 9.84 Å². The zero-order valence-electron chi connectivity index (χ0n) is 11.8. The zero-order chi connectivity index (χ0) is 14.1. The first-order chi connectivity index (χ1) is 9.15. The number of hydrogen-bond acceptors (Lipinski definition) is 3. The number of ether oxygens (including phenoxy) is 1. The Morgan fingerprint density at radius 3 is 2.26 bits per heavy atom. The van der Waals surface area contributed by atoms with Gasteiger partial charge in [0.2, 0.25) is 5.91 Å². The Labute approximate surface area is 114 Å². The van der Waals surface area contributed by atoms with Gasteiger partial charge >= 0.3 is 5.97 Å². The molecule has 5 heteroatoms. The van der Waals surface area contributed by atoms with Crippen molar-refractivity contribution in [2.75, 3.05) is 20.3 Å². The molecule has 0 saturated heterocycles. The molecule has 1 saturated carbocycles. The Balaban J connectivity index is 2.62. The highest BCUT2D eigenvalue weighted by molar-refractivity contribution is 5.78. The van der Waals surface area contributed by atoms with Crippen molar-refractivity contribution in [3.63, 3.8) is 0 Å². The van der Waals surface area contributed by atoms with Gasteiger partial charge in [-0.15, -0.1) is 0 Å². The second-order valence-corrected chi connectivity index (χ2v) is 5.16. The molecule has 0 bridgehead atoms. The van der Waals surface area contributed by atoms with Crippen molar-refractivity contribution >= 4 is 11.9 Å². The highest BCUT2D eigenvalue weighted by Gasteiger charge is 2.24. The fourth-order valence-electron chi connectivity index (χ4n) is 2.68. The summed E-state index contributed by atoms with van der Waals surface area (Å²) in [6, 6.07) is 0.183. The van der Waals surface area contributed by atoms with Crippen molar-refractivity contribution in [1.82, 2.24) is 4.90 Å². The molecule has 5 nitrogen and oxygen atoms in total. The molecule has 1 aliphatic carbocycles. The number of carboxylic acid groups (broad SMARTS) is 1. The van der Waals surface area contributed by atoms with Gasteiger partial charge in [-0.1, -0.05) is 32.1 Å². The molecule has 0 aromatic rings. The summed E-state index contributed by atoms with van der Waals surface area (Å²) in [5.41, 5.74) is 0. The number of amides is 1. The molecule has 0 aliphatic heterocycles. The molecule has 19 heavy (non-hydrogen) atoms. The van der Waals surface area contributed by atoms with E-state index in [9.17, 15) is 9.59 Å². The minimum atomic E-state index is -0.860. The maximum absolute atomic E-state index is 12.1. The monoisotopic (exact) mass is 271 g/mol. The van der Waals surface area contributed by atoms with Crippen molar-refractivity contribution in [2.24, 2.45) is 0 Å². The summed E-state index contributed by atoms with van der Waals surface area (Å²) in [6.07, 6.45) is 7.90. The first kappa shape index (κ1) is 16.0. The van der Waals surface area contributed by atoms with Gasteiger partial charge in [-0.05, 0) is 12.8 Å². The highest BCUT2D eigenvalue weighted by atomic mass is 16.5. The van der Waals surface area contributed by atoms with Crippen LogP contribution in [-0.4, -0.2) is 48.2 Å². The third-order valence-corrected chi connectivity index (χ3v) is 3.67. The van der Waals surface area contributed by atoms with E-state index in [0.717, 1.165) is 25.7 Å². The molecule has 0 aromatic carbocycles. The van der Waals surface area contributed by atoms with Crippen molar-refractivity contribution in [2.45, 2.75) is 57.4 Å². The summed E-state index contributed by atoms with van der Waals surface area (Å²) in [6.45, 7) is 0.332. The van der Waals surface area contributed by atoms with Crippen LogP contribution in [0, 0.1) is 0 Å². The van der Waals surface area contributed by atoms with Crippen molar-refractivity contribution in [1.29, 1.82) is 0 Å². The van der Waals surface area contributed by atoms with Crippen LogP contribution in [-0.2, 0) is 14.3 Å². The standard InChI is InChI=1S/C14H25NO4/c1-19-11-13(16)15(10-9-14(17)18)12-7-5-3-2-4-6-8-12/h12H,2-11H2,1H3,(H,17,18). The lowest BCUT2D eigenvalue weighted by Crippen LogP contribution is -2.43. The van der Waals surface area contributed by atoms with Crippen LogP contribution in [0.4, 0.5) is 0 Å². The molecule has 0 atom stereocenters. The highest BCUT2D eigenvalue weighted by Crippen LogP contribution is 2.22. The SMILES string of the molecule is COCC(=O)N(CCC(=O)O)C1CCCCCCC1. The van der Waals surface area contributed by atoms with E-state index in [0.29, 0.717) is 6.54 Å². The Morgan fingerprint density at radius 1 is 1.16 bits per heavy atom. The lowest BCUT2D eigenvalue weighted by atomic mass is 9.95. The molecule has 0 aromatic heterocycles. The fourth-order valence-corrected chi connectivity index (χ4v) is 2.68. The van der Waals surface area contributed by atoms with Crippen LogP contribution in [0.1, 0.15) is 51.4 Å². The van der Waals surface area contributed by atoms with Crippen LogP contribution in [0.5, 0.6) is 0 Å². The Kier molecular flexibility index (Phi) is 7.48. The Hall–Kier alpha value is -1.10. The molecule has 1 N–H and O–H groups in total. The van der Waals surface area contributed by atoms with Gasteiger partial charge < -0.3 is 14.7 Å². The second-order valence-electron chi connectivity index (χ2n) is 5.16. The van der Waals surface area contributed by atoms with Gasteiger partial charge in [0.1, 0.15) is 6.61 Å². The quantitative estimate of drug-likeness (QED) is 0.803. The largest absolute Gasteiger partial charge is 0.481 e. The molecular formula is C14H25NO4. The van der Waals surface area contributed by atoms with E-state index in [2.05, 4.69) is 0 Å². The molecule has 1 aliphatic rings. The van der Waals surface area contributed by atoms with Crippen molar-refractivity contribution in [3.8, 4) is 0 Å². The number of methoxy groups -OCH3 is 1. The first-order valence-electron chi connectivity index (χ1n) is 7.15. The lowest BCUT2D eigenvalue weighted by Gasteiger charge is -2.32. The van der Waals surface area contributed by atoms with Gasteiger partial charge in [-0.2, -0.15) is 0 Å². The third kappa shape index (κ3) is 6.05. The number of carbonyl (C=O) groups excluding carboxylic acids is 1. The van der Waals surface area contributed by atoms with E-state index < -0.39 is 5.97 Å². The zero-order valence-corrected chi connectivity index (χ0v) is 11.8. The topological polar surface area (TPSA) is 66.8 Å². The van der Waals surface area contributed by atoms with E-state index >= 15 is 0 Å². The summed E-state index contributed by atoms with van der Waals surface area (Å²) >= 11 is 0. The second kappa shape index (κ2) is 8.91. The van der Waals surface area contributed by atoms with Crippen molar-refractivity contribution in [3.05, 3.63) is 0 Å². The van der Waals surface area contributed by atoms with Crippen LogP contribution < -0.4 is 0 Å². The smallest absolute Gasteiger partial charge is 0.305 e. The molecule has 110 valence electrons. The van der Waals surface area contributed by atoms with Crippen LogP contribution in [0.15, 0.2) is 0 Å². The minimum absolute atomic E-state index is 0.00591. The average molecular weight is 271 g/mol. The normalized spacial score (nSPS) is 17.5. The predicted octanol–water partition coefficient (Wildman–Crippen LogP) is 2.05. The molecule has 1 amide bonds. The molecule has 1 rings (SSSR count). The molecular weight excluding hydrogens is 246 g/mol. The number of aliphatic carboxylic acids is 1. The molecule has 0 spiro atoms. The van der Waals surface area contributed by atoms with Gasteiger partial charge in [-0.3, -0.25) is 9.59 Å². The van der Waals surface area contributed by atoms with Crippen LogP contribution in [0.3, 0.4) is 0 Å². The predicted molar refractivity (Wildman–Crippen MR) is 71.9 cm³/mol. The number of nitrogens with zero attached hydrogens (tertiary/aromatic N) is 1. The van der Waals surface area contributed by atoms with Crippen LogP contribution in [0.2, 0.25) is 0 Å². The van der Waals surface area contributed by atoms with Crippen LogP contribution in [0.25, 0.3) is 0 Å². The van der Waals surface area contributed by atoms with E-state index in [1.165, 1.54) is 26.4 Å². The van der Waals surface area contributed by atoms with Gasteiger partial charge in [0.05, 0.1) is 6.42 Å². The van der Waals surface area contributed by atoms with E-state index in [1.807, 2.05) is 0 Å². The number of hydrogen-bond donors (Lipinski definition) is 1. The van der Waals surface area contributed by atoms with Crippen molar-refractivity contribution < 1.29 is 19.4 Å². The summed E-state index contributed by atoms with van der Waals surface area (Å²) < 4.78 is 4.90. The van der Waals surface area contributed by atoms with E-state index in [1.54, 1.807) is 4.90 Å². The molecule has 1 fully saturated rings. The van der Waals surface area contributed by atoms with Gasteiger partial charge in [0.25, 0.3) is 0 Å². The third-order valence-electron chi connectivity index (χ3n) is 3.67. The van der Waals surface area contributed by atoms with Gasteiger partial charge in [0.15, 0.2) is 0 Å². The van der Waals surface area contributed by atoms with Gasteiger partial charge in [0, 0.05) is 19.7 Å². The number of carboxylic acids is 1. The van der Waals surface area contributed by atoms with E-state index in [-0.39, 0.29) is 25.0 Å². The summed E-state index contributed by atoms with van der Waals surface area (Å²) in [7, 11) is 1.49. The molecule has 0 radical (unpaired) electrons. The number of rotatable bonds is 6. The fraction of sp³-hybridized carbons (Fsp3) is 0.857. The lowest BCUT2D eigenvalue weighted by molar-refractivity contribution is -0.141. The molecule has 0 unspecified atom stereocenters. The maximum Gasteiger partial charge on any atom is 0.305 e. The minimum Gasteiger partial charge on any atom is -0.481 e.